The molecule has 0 saturated heterocycles. The van der Waals surface area contributed by atoms with Gasteiger partial charge in [-0.15, -0.1) is 0 Å². The van der Waals surface area contributed by atoms with Gasteiger partial charge >= 0.3 is 5.97 Å². The fourth-order valence-corrected chi connectivity index (χ4v) is 4.50. The molecule has 0 bridgehead atoms. The van der Waals surface area contributed by atoms with Gasteiger partial charge in [-0.05, 0) is 53.0 Å². The molecule has 0 saturated carbocycles. The lowest BCUT2D eigenvalue weighted by molar-refractivity contribution is -0.180. The van der Waals surface area contributed by atoms with Crippen LogP contribution in [0.1, 0.15) is 72.3 Å². The van der Waals surface area contributed by atoms with Crippen LogP contribution in [0.2, 0.25) is 0 Å². The summed E-state index contributed by atoms with van der Waals surface area (Å²) in [5.74, 6) is -11.1. The van der Waals surface area contributed by atoms with E-state index in [1.165, 1.54) is 13.8 Å². The zero-order valence-corrected chi connectivity index (χ0v) is 24.6. The third-order valence-corrected chi connectivity index (χ3v) is 7.28. The predicted molar refractivity (Wildman–Crippen MR) is 145 cm³/mol. The number of carbonyl (C=O) groups excluding carboxylic acids is 5. The molecule has 0 spiro atoms. The van der Waals surface area contributed by atoms with Crippen LogP contribution in [0.25, 0.3) is 0 Å². The van der Waals surface area contributed by atoms with Crippen LogP contribution >= 0.6 is 0 Å². The molecule has 0 fully saturated rings. The zero-order valence-electron chi connectivity index (χ0n) is 27.6. The topological polar surface area (TPSA) is 202 Å². The van der Waals surface area contributed by atoms with E-state index >= 15 is 4.79 Å². The quantitative estimate of drug-likeness (QED) is 0.147. The number of carboxylic acids is 1. The van der Waals surface area contributed by atoms with Crippen LogP contribution in [0, 0.1) is 11.8 Å². The number of carboxylic acid groups (broad SMARTS) is 1. The molecule has 0 heterocycles. The molecule has 2 amide bonds. The molecule has 0 aliphatic rings. The molecule has 5 N–H and O–H groups in total. The number of hydrogen-bond donors (Lipinski definition) is 5. The first-order valence-corrected chi connectivity index (χ1v) is 12.8. The maximum absolute atomic E-state index is 15.2. The van der Waals surface area contributed by atoms with Gasteiger partial charge in [0.1, 0.15) is 12.2 Å². The Morgan fingerprint density at radius 2 is 1.35 bits per heavy atom. The molecule has 0 aromatic heterocycles. The van der Waals surface area contributed by atoms with Crippen LogP contribution in [-0.4, -0.2) is 121 Å². The molecule has 0 unspecified atom stereocenters. The number of aliphatic carboxylic acids is 1. The summed E-state index contributed by atoms with van der Waals surface area (Å²) >= 11 is 0. The molecule has 0 aliphatic carbocycles. The second-order valence-electron chi connectivity index (χ2n) is 10.8. The van der Waals surface area contributed by atoms with E-state index < -0.39 is 97.1 Å². The molecule has 40 heavy (non-hydrogen) atoms. The van der Waals surface area contributed by atoms with Crippen LogP contribution in [-0.2, 0) is 28.8 Å². The van der Waals surface area contributed by atoms with Gasteiger partial charge in [0, 0.05) is 18.2 Å². The summed E-state index contributed by atoms with van der Waals surface area (Å²) in [5.41, 5.74) is -9.49. The lowest BCUT2D eigenvalue weighted by Crippen LogP contribution is -2.78. The number of Topliss-reactive ketones (excluding diaryl/α,β-unsaturated/α-hetero) is 3. The summed E-state index contributed by atoms with van der Waals surface area (Å²) in [6, 6.07) is -1.36. The number of aliphatic hydroxyl groups is 3. The molecule has 0 radical (unpaired) electrons. The number of nitrogens with zero attached hydrogens (tertiary/aromatic N) is 2. The summed E-state index contributed by atoms with van der Waals surface area (Å²) in [6.45, 7) is 9.49. The van der Waals surface area contributed by atoms with Gasteiger partial charge in [-0.2, -0.15) is 0 Å². The third kappa shape index (κ3) is 6.59. The molecule has 13 heteroatoms. The molecule has 0 rings (SSSR count). The van der Waals surface area contributed by atoms with Crippen molar-refractivity contribution in [3.05, 3.63) is 0 Å². The van der Waals surface area contributed by atoms with Crippen LogP contribution < -0.4 is 5.32 Å². The van der Waals surface area contributed by atoms with Crippen molar-refractivity contribution in [2.75, 3.05) is 21.1 Å². The molecule has 0 aromatic carbocycles. The average molecular weight is 577 g/mol. The van der Waals surface area contributed by atoms with E-state index in [-0.39, 0.29) is 23.7 Å². The Morgan fingerprint density at radius 1 is 0.875 bits per heavy atom. The smallest absolute Gasteiger partial charge is 0.343 e. The lowest BCUT2D eigenvalue weighted by Gasteiger charge is -2.51. The minimum absolute atomic E-state index is 0.0127. The van der Waals surface area contributed by atoms with Gasteiger partial charge in [0.25, 0.3) is 11.8 Å². The van der Waals surface area contributed by atoms with E-state index in [0.717, 1.165) is 20.8 Å². The monoisotopic (exact) mass is 576 g/mol. The first-order chi connectivity index (χ1) is 19.6. The highest BCUT2D eigenvalue weighted by atomic mass is 16.4. The summed E-state index contributed by atoms with van der Waals surface area (Å²) in [4.78, 5) is 83.2. The van der Waals surface area contributed by atoms with Crippen molar-refractivity contribution in [2.24, 2.45) is 11.8 Å². The highest BCUT2D eigenvalue weighted by Gasteiger charge is 2.67. The molecule has 230 valence electrons. The Morgan fingerprint density at radius 3 is 1.70 bits per heavy atom. The fraction of sp³-hybridized carbons (Fsp3) is 0.778. The Bertz CT molecular complexity index is 1060. The number of ketones is 3. The van der Waals surface area contributed by atoms with Crippen LogP contribution in [0.15, 0.2) is 0 Å². The second-order valence-corrected chi connectivity index (χ2v) is 10.8. The van der Waals surface area contributed by atoms with Gasteiger partial charge in [-0.1, -0.05) is 34.1 Å². The molecule has 13 nitrogen and oxygen atoms in total. The number of amides is 2. The van der Waals surface area contributed by atoms with Crippen LogP contribution in [0.4, 0.5) is 0 Å². The van der Waals surface area contributed by atoms with Gasteiger partial charge < -0.3 is 35.5 Å². The van der Waals surface area contributed by atoms with Crippen molar-refractivity contribution in [1.29, 1.82) is 0 Å². The number of likely N-dealkylation sites (N-methyl/N-ethyl adjacent to an activating group) is 3. The average Bonchev–Trinajstić information content (AvgIpc) is 2.93. The van der Waals surface area contributed by atoms with E-state index in [1.54, 1.807) is 13.8 Å². The Kier molecular flexibility index (Phi) is 10.9. The summed E-state index contributed by atoms with van der Waals surface area (Å²) in [6.07, 6.45) is -4.02. The Labute approximate surface area is 240 Å². The third-order valence-electron chi connectivity index (χ3n) is 7.28. The Hall–Kier alpha value is -2.74. The standard InChI is InChI=1S/C27H47N3O10/c1-12-15(4)27(30(11)21(35)17(6)32,23(37)26(8,40)24(38)39)22(36)25(7,29(10)20(34)16(5)31)19(33)18(28-9)13-14(2)3/h14-18,28,31-32,40H,12-13H2,1-11H3,(H,38,39)/t15-,16+,17+,18+,25-,26-,27-/m1/s1/i9D,10D,11D. The summed E-state index contributed by atoms with van der Waals surface area (Å²) < 4.78 is 23.9. The molecular weight excluding hydrogens is 526 g/mol. The van der Waals surface area contributed by atoms with E-state index in [2.05, 4.69) is 5.32 Å². The largest absolute Gasteiger partial charge is 0.479 e. The van der Waals surface area contributed by atoms with Crippen molar-refractivity contribution in [3.63, 3.8) is 0 Å². The van der Waals surface area contributed by atoms with Gasteiger partial charge in [-0.3, -0.25) is 24.0 Å². The highest BCUT2D eigenvalue weighted by molar-refractivity contribution is 6.30. The van der Waals surface area contributed by atoms with Crippen LogP contribution in [0.5, 0.6) is 0 Å². The predicted octanol–water partition coefficient (Wildman–Crippen LogP) is -0.615. The minimum atomic E-state index is -3.40. The van der Waals surface area contributed by atoms with E-state index in [0.29, 0.717) is 11.8 Å². The summed E-state index contributed by atoms with van der Waals surface area (Å²) in [7, 11) is -2.92. The van der Waals surface area contributed by atoms with Crippen molar-refractivity contribution < 1.29 is 53.3 Å². The second kappa shape index (κ2) is 13.7. The number of carbonyl (C=O) groups is 6. The van der Waals surface area contributed by atoms with E-state index in [4.69, 9.17) is 4.11 Å². The van der Waals surface area contributed by atoms with Crippen molar-refractivity contribution in [2.45, 2.75) is 103 Å². The van der Waals surface area contributed by atoms with Crippen LogP contribution in [0.3, 0.4) is 0 Å². The minimum Gasteiger partial charge on any atom is -0.479 e. The number of rotatable bonds is 16. The van der Waals surface area contributed by atoms with Gasteiger partial charge in [0.15, 0.2) is 22.6 Å². The van der Waals surface area contributed by atoms with Crippen molar-refractivity contribution in [3.8, 4) is 0 Å². The normalized spacial score (nSPS) is 20.1. The van der Waals surface area contributed by atoms with Gasteiger partial charge in [0.05, 0.1) is 6.04 Å². The maximum atomic E-state index is 15.2. The fourth-order valence-electron chi connectivity index (χ4n) is 4.50. The van der Waals surface area contributed by atoms with Crippen molar-refractivity contribution in [1.82, 2.24) is 15.1 Å². The molecule has 7 atom stereocenters. The summed E-state index contributed by atoms with van der Waals surface area (Å²) in [5, 5.41) is 43.7. The SMILES string of the molecule is [2H]CN[C@@H](CC(C)C)C(=O)[C@](C)(C(=O)[C@@](C(=O)[C@@](C)(O)C(=O)O)([C@H](C)CC)N(C[2H])C(=O)[C@H](C)O)N(C[2H])C(=O)[C@H](C)O. The van der Waals surface area contributed by atoms with Crippen molar-refractivity contribution >= 4 is 35.1 Å². The lowest BCUT2D eigenvalue weighted by atomic mass is 9.64. The highest BCUT2D eigenvalue weighted by Crippen LogP contribution is 2.39. The van der Waals surface area contributed by atoms with Gasteiger partial charge in [-0.25, -0.2) is 4.79 Å². The zero-order chi connectivity index (χ0) is 34.2. The van der Waals surface area contributed by atoms with E-state index in [1.807, 2.05) is 0 Å². The molecular formula is C27H47N3O10. The number of aliphatic hydroxyl groups excluding tert-OH is 2. The maximum Gasteiger partial charge on any atom is 0.343 e. The first kappa shape index (κ1) is 31.8. The number of hydrogen-bond acceptors (Lipinski definition) is 10. The first-order valence-electron chi connectivity index (χ1n) is 15.0. The van der Waals surface area contributed by atoms with E-state index in [9.17, 15) is 44.4 Å². The Balaban J connectivity index is 8.48. The number of nitrogens with one attached hydrogen (secondary N) is 1. The van der Waals surface area contributed by atoms with Gasteiger partial charge in [0.2, 0.25) is 11.4 Å². The molecule has 0 aliphatic heterocycles. The molecule has 0 aromatic rings.